The highest BCUT2D eigenvalue weighted by molar-refractivity contribution is 6.33. The van der Waals surface area contributed by atoms with Crippen LogP contribution < -0.4 is 10.6 Å². The zero-order valence-electron chi connectivity index (χ0n) is 12.8. The van der Waals surface area contributed by atoms with Crippen LogP contribution in [0.2, 0.25) is 5.02 Å². The van der Waals surface area contributed by atoms with E-state index in [1.54, 1.807) is 0 Å². The fourth-order valence-electron chi connectivity index (χ4n) is 2.81. The molecule has 0 spiro atoms. The molecular weight excluding hydrogens is 286 g/mol. The van der Waals surface area contributed by atoms with Crippen molar-refractivity contribution < 1.29 is 4.79 Å². The highest BCUT2D eigenvalue weighted by Crippen LogP contribution is 2.26. The van der Waals surface area contributed by atoms with Crippen molar-refractivity contribution in [3.05, 3.63) is 23.2 Å². The molecule has 1 amide bonds. The Morgan fingerprint density at radius 1 is 1.24 bits per heavy atom. The Balaban J connectivity index is 1.96. The number of carbonyl (C=O) groups is 1. The number of rotatable bonds is 4. The molecule has 5 heteroatoms. The number of nitrogen functional groups attached to an aromatic ring is 1. The molecule has 0 saturated carbocycles. The van der Waals surface area contributed by atoms with Gasteiger partial charge in [0.15, 0.2) is 0 Å². The van der Waals surface area contributed by atoms with E-state index in [9.17, 15) is 4.79 Å². The van der Waals surface area contributed by atoms with Crippen LogP contribution in [-0.2, 0) is 4.79 Å². The summed E-state index contributed by atoms with van der Waals surface area (Å²) in [6.07, 6.45) is 1.84. The Labute approximate surface area is 131 Å². The second-order valence-electron chi connectivity index (χ2n) is 5.53. The first-order chi connectivity index (χ1) is 10.1. The molecule has 2 N–H and O–H groups in total. The van der Waals surface area contributed by atoms with E-state index in [1.807, 2.05) is 23.1 Å². The first-order valence-electron chi connectivity index (χ1n) is 7.65. The number of benzene rings is 1. The number of halogens is 1. The topological polar surface area (TPSA) is 49.6 Å². The molecule has 1 aliphatic rings. The smallest absolute Gasteiger partial charge is 0.225 e. The molecule has 1 heterocycles. The third-order valence-corrected chi connectivity index (χ3v) is 4.62. The van der Waals surface area contributed by atoms with E-state index in [-0.39, 0.29) is 5.92 Å². The van der Waals surface area contributed by atoms with Gasteiger partial charge >= 0.3 is 0 Å². The minimum absolute atomic E-state index is 0.169. The number of carbonyl (C=O) groups excluding carboxylic acids is 1. The van der Waals surface area contributed by atoms with Crippen LogP contribution in [0.1, 0.15) is 26.7 Å². The van der Waals surface area contributed by atoms with Crippen molar-refractivity contribution in [3.8, 4) is 0 Å². The molecule has 0 bridgehead atoms. The first kappa shape index (κ1) is 16.0. The van der Waals surface area contributed by atoms with Crippen LogP contribution in [0.25, 0.3) is 0 Å². The number of anilines is 2. The lowest BCUT2D eigenvalue weighted by atomic mass is 10.0. The Morgan fingerprint density at radius 2 is 1.86 bits per heavy atom. The maximum Gasteiger partial charge on any atom is 0.225 e. The summed E-state index contributed by atoms with van der Waals surface area (Å²) in [6.45, 7) is 7.40. The van der Waals surface area contributed by atoms with E-state index < -0.39 is 0 Å². The molecule has 0 unspecified atom stereocenters. The van der Waals surface area contributed by atoms with E-state index in [0.29, 0.717) is 16.6 Å². The summed E-state index contributed by atoms with van der Waals surface area (Å²) in [5.74, 6) is 0.470. The maximum absolute atomic E-state index is 12.4. The summed E-state index contributed by atoms with van der Waals surface area (Å²) in [7, 11) is 0. The second kappa shape index (κ2) is 7.03. The number of hydrogen-bond acceptors (Lipinski definition) is 3. The van der Waals surface area contributed by atoms with Gasteiger partial charge in [0.1, 0.15) is 0 Å². The van der Waals surface area contributed by atoms with Crippen molar-refractivity contribution in [3.63, 3.8) is 0 Å². The van der Waals surface area contributed by atoms with Crippen LogP contribution in [0.4, 0.5) is 11.4 Å². The van der Waals surface area contributed by atoms with E-state index in [4.69, 9.17) is 17.3 Å². The summed E-state index contributed by atoms with van der Waals surface area (Å²) in [4.78, 5) is 16.6. The summed E-state index contributed by atoms with van der Waals surface area (Å²) in [5.41, 5.74) is 7.53. The Kier molecular flexibility index (Phi) is 5.34. The summed E-state index contributed by atoms with van der Waals surface area (Å²) >= 11 is 5.95. The summed E-state index contributed by atoms with van der Waals surface area (Å²) < 4.78 is 0. The van der Waals surface area contributed by atoms with Gasteiger partial charge in [-0.2, -0.15) is 0 Å². The molecule has 1 aromatic rings. The number of piperazine rings is 1. The molecule has 0 aliphatic carbocycles. The molecule has 1 fully saturated rings. The third kappa shape index (κ3) is 3.62. The summed E-state index contributed by atoms with van der Waals surface area (Å²) in [6, 6.07) is 5.71. The molecule has 21 heavy (non-hydrogen) atoms. The third-order valence-electron chi connectivity index (χ3n) is 4.27. The van der Waals surface area contributed by atoms with Gasteiger partial charge in [0.25, 0.3) is 0 Å². The van der Waals surface area contributed by atoms with Crippen molar-refractivity contribution in [2.24, 2.45) is 5.92 Å². The summed E-state index contributed by atoms with van der Waals surface area (Å²) in [5, 5.41) is 0.585. The van der Waals surface area contributed by atoms with Crippen LogP contribution in [0.15, 0.2) is 18.2 Å². The molecule has 1 aromatic carbocycles. The van der Waals surface area contributed by atoms with Gasteiger partial charge in [-0.15, -0.1) is 0 Å². The highest BCUT2D eigenvalue weighted by atomic mass is 35.5. The largest absolute Gasteiger partial charge is 0.397 e. The average molecular weight is 310 g/mol. The van der Waals surface area contributed by atoms with E-state index in [2.05, 4.69) is 18.7 Å². The number of hydrogen-bond donors (Lipinski definition) is 1. The monoisotopic (exact) mass is 309 g/mol. The van der Waals surface area contributed by atoms with Crippen LogP contribution in [0.5, 0.6) is 0 Å². The minimum Gasteiger partial charge on any atom is -0.397 e. The Morgan fingerprint density at radius 3 is 2.38 bits per heavy atom. The molecule has 4 nitrogen and oxygen atoms in total. The number of nitrogens with two attached hydrogens (primary N) is 1. The zero-order valence-corrected chi connectivity index (χ0v) is 13.6. The van der Waals surface area contributed by atoms with Gasteiger partial charge in [0.05, 0.1) is 10.7 Å². The van der Waals surface area contributed by atoms with Crippen molar-refractivity contribution in [1.82, 2.24) is 4.90 Å². The van der Waals surface area contributed by atoms with Crippen molar-refractivity contribution in [2.45, 2.75) is 26.7 Å². The highest BCUT2D eigenvalue weighted by Gasteiger charge is 2.25. The van der Waals surface area contributed by atoms with E-state index in [0.717, 1.165) is 44.7 Å². The van der Waals surface area contributed by atoms with Gasteiger partial charge in [-0.25, -0.2) is 0 Å². The molecule has 116 valence electrons. The Bertz CT molecular complexity index is 494. The molecule has 0 atom stereocenters. The van der Waals surface area contributed by atoms with Crippen molar-refractivity contribution >= 4 is 28.9 Å². The van der Waals surface area contributed by atoms with Crippen molar-refractivity contribution in [1.29, 1.82) is 0 Å². The molecule has 1 aliphatic heterocycles. The molecular formula is C16H24ClN3O. The molecule has 2 rings (SSSR count). The maximum atomic E-state index is 12.4. The number of amides is 1. The first-order valence-corrected chi connectivity index (χ1v) is 8.03. The second-order valence-corrected chi connectivity index (χ2v) is 5.94. The predicted molar refractivity (Wildman–Crippen MR) is 88.7 cm³/mol. The van der Waals surface area contributed by atoms with Gasteiger partial charge in [-0.1, -0.05) is 25.4 Å². The lowest BCUT2D eigenvalue weighted by Gasteiger charge is -2.37. The SMILES string of the molecule is CCC(CC)C(=O)N1CCN(c2ccc(Cl)c(N)c2)CC1. The fraction of sp³-hybridized carbons (Fsp3) is 0.562. The van der Waals surface area contributed by atoms with Gasteiger partial charge in [0.2, 0.25) is 5.91 Å². The van der Waals surface area contributed by atoms with E-state index >= 15 is 0 Å². The molecule has 0 radical (unpaired) electrons. The van der Waals surface area contributed by atoms with Crippen molar-refractivity contribution in [2.75, 3.05) is 36.8 Å². The van der Waals surface area contributed by atoms with Gasteiger partial charge < -0.3 is 15.5 Å². The molecule has 0 aromatic heterocycles. The van der Waals surface area contributed by atoms with Gasteiger partial charge in [0, 0.05) is 37.8 Å². The lowest BCUT2D eigenvalue weighted by molar-refractivity contribution is -0.136. The average Bonchev–Trinajstić information content (AvgIpc) is 2.51. The van der Waals surface area contributed by atoms with Crippen LogP contribution >= 0.6 is 11.6 Å². The fourth-order valence-corrected chi connectivity index (χ4v) is 2.93. The van der Waals surface area contributed by atoms with Crippen LogP contribution in [0.3, 0.4) is 0 Å². The van der Waals surface area contributed by atoms with Gasteiger partial charge in [-0.3, -0.25) is 4.79 Å². The predicted octanol–water partition coefficient (Wildman–Crippen LogP) is 3.01. The Hall–Kier alpha value is -1.42. The zero-order chi connectivity index (χ0) is 15.4. The van der Waals surface area contributed by atoms with Crippen LogP contribution in [0, 0.1) is 5.92 Å². The molecule has 1 saturated heterocycles. The quantitative estimate of drug-likeness (QED) is 0.870. The standard InChI is InChI=1S/C16H24ClN3O/c1-3-12(4-2)16(21)20-9-7-19(8-10-20)13-5-6-14(17)15(18)11-13/h5-6,11-12H,3-4,7-10,18H2,1-2H3. The minimum atomic E-state index is 0.169. The van der Waals surface area contributed by atoms with Gasteiger partial charge in [-0.05, 0) is 31.0 Å². The van der Waals surface area contributed by atoms with E-state index in [1.165, 1.54) is 0 Å². The number of nitrogens with zero attached hydrogens (tertiary/aromatic N) is 2. The lowest BCUT2D eigenvalue weighted by Crippen LogP contribution is -2.50. The normalized spacial score (nSPS) is 15.6. The van der Waals surface area contributed by atoms with Crippen LogP contribution in [-0.4, -0.2) is 37.0 Å².